The fourth-order valence-corrected chi connectivity index (χ4v) is 1.65. The van der Waals surface area contributed by atoms with Gasteiger partial charge in [-0.05, 0) is 17.7 Å². The molecule has 9 nitrogen and oxygen atoms in total. The molecule has 1 amide bonds. The molecule has 0 aliphatic rings. The first-order valence-electron chi connectivity index (χ1n) is 6.68. The van der Waals surface area contributed by atoms with Gasteiger partial charge in [-0.2, -0.15) is 18.3 Å². The molecule has 2 aromatic rings. The van der Waals surface area contributed by atoms with Crippen LogP contribution in [0.5, 0.6) is 0 Å². The second kappa shape index (κ2) is 7.42. The van der Waals surface area contributed by atoms with Crippen LogP contribution in [-0.2, 0) is 11.0 Å². The van der Waals surface area contributed by atoms with E-state index in [-0.39, 0.29) is 11.4 Å². The number of benzene rings is 1. The second-order valence-electron chi connectivity index (χ2n) is 4.63. The number of amides is 1. The van der Waals surface area contributed by atoms with Crippen LogP contribution in [0.4, 0.5) is 19.0 Å². The Morgan fingerprint density at radius 1 is 1.32 bits per heavy atom. The van der Waals surface area contributed by atoms with Crippen LogP contribution in [0.1, 0.15) is 11.1 Å². The summed E-state index contributed by atoms with van der Waals surface area (Å²) in [5.41, 5.74) is -0.250. The fourth-order valence-electron chi connectivity index (χ4n) is 1.65. The third-order valence-corrected chi connectivity index (χ3v) is 2.74. The summed E-state index contributed by atoms with van der Waals surface area (Å²) in [4.78, 5) is 35.5. The maximum atomic E-state index is 12.6. The third-order valence-electron chi connectivity index (χ3n) is 2.74. The maximum Gasteiger partial charge on any atom is 0.416 e. The lowest BCUT2D eigenvalue weighted by molar-refractivity contribution is -0.137. The number of carbonyl (C=O) groups excluding carboxylic acids is 1. The molecule has 0 spiro atoms. The smallest absolute Gasteiger partial charge is 0.355 e. The molecule has 0 fully saturated rings. The Morgan fingerprint density at radius 2 is 2.08 bits per heavy atom. The molecule has 2 rings (SSSR count). The number of anilines is 1. The van der Waals surface area contributed by atoms with Gasteiger partial charge in [-0.25, -0.2) is 15.3 Å². The molecule has 1 heterocycles. The summed E-state index contributed by atoms with van der Waals surface area (Å²) in [6.07, 6.45) is -3.44. The van der Waals surface area contributed by atoms with E-state index in [0.29, 0.717) is 0 Å². The zero-order valence-electron chi connectivity index (χ0n) is 12.3. The van der Waals surface area contributed by atoms with Gasteiger partial charge in [0.15, 0.2) is 0 Å². The Hall–Kier alpha value is -3.44. The molecule has 0 bridgehead atoms. The highest BCUT2D eigenvalue weighted by Gasteiger charge is 2.30. The van der Waals surface area contributed by atoms with Crippen LogP contribution in [0.25, 0.3) is 0 Å². The zero-order chi connectivity index (χ0) is 18.4. The molecule has 1 aromatic carbocycles. The van der Waals surface area contributed by atoms with E-state index in [9.17, 15) is 27.6 Å². The van der Waals surface area contributed by atoms with Crippen molar-refractivity contribution in [3.8, 4) is 0 Å². The quantitative estimate of drug-likeness (QED) is 0.444. The summed E-state index contributed by atoms with van der Waals surface area (Å²) in [7, 11) is 0. The average Bonchev–Trinajstić information content (AvgIpc) is 2.53. The van der Waals surface area contributed by atoms with Crippen molar-refractivity contribution in [2.24, 2.45) is 5.10 Å². The Kier molecular flexibility index (Phi) is 5.31. The molecule has 4 N–H and O–H groups in total. The second-order valence-corrected chi connectivity index (χ2v) is 4.63. The number of rotatable bonds is 5. The normalized spacial score (nSPS) is 11.5. The molecular formula is C13H11F3N6O3. The van der Waals surface area contributed by atoms with Crippen LogP contribution >= 0.6 is 0 Å². The number of carbonyl (C=O) groups is 1. The summed E-state index contributed by atoms with van der Waals surface area (Å²) >= 11 is 0. The standard InChI is InChI=1S/C13H11F3N6O3/c14-13(15,16)8-3-1-2-7(4-8)5-18-20-9(23)6-17-10-11(24)19-12(25)22-21-10/h1-5H,6H2,(H,17,21)(H,20,23)(H2,19,22,24,25)/b18-5+. The van der Waals surface area contributed by atoms with Crippen molar-refractivity contribution in [2.45, 2.75) is 6.18 Å². The van der Waals surface area contributed by atoms with E-state index >= 15 is 0 Å². The molecule has 0 aliphatic carbocycles. The first-order valence-corrected chi connectivity index (χ1v) is 6.68. The van der Waals surface area contributed by atoms with Gasteiger partial charge in [0.2, 0.25) is 5.82 Å². The van der Waals surface area contributed by atoms with Gasteiger partial charge in [-0.1, -0.05) is 12.1 Å². The van der Waals surface area contributed by atoms with E-state index in [1.54, 1.807) is 0 Å². The van der Waals surface area contributed by atoms with Gasteiger partial charge < -0.3 is 5.32 Å². The number of aromatic amines is 2. The van der Waals surface area contributed by atoms with Gasteiger partial charge in [0.25, 0.3) is 11.5 Å². The zero-order valence-corrected chi connectivity index (χ0v) is 12.3. The predicted molar refractivity (Wildman–Crippen MR) is 81.1 cm³/mol. The lowest BCUT2D eigenvalue weighted by atomic mass is 10.1. The largest absolute Gasteiger partial charge is 0.416 e. The molecule has 12 heteroatoms. The highest BCUT2D eigenvalue weighted by molar-refractivity contribution is 5.84. The van der Waals surface area contributed by atoms with E-state index in [0.717, 1.165) is 18.3 Å². The van der Waals surface area contributed by atoms with Gasteiger partial charge in [-0.15, -0.1) is 5.10 Å². The number of nitrogens with zero attached hydrogens (tertiary/aromatic N) is 2. The molecule has 0 unspecified atom stereocenters. The van der Waals surface area contributed by atoms with E-state index < -0.39 is 35.4 Å². The number of nitrogens with one attached hydrogen (secondary N) is 4. The van der Waals surface area contributed by atoms with Crippen LogP contribution in [0.2, 0.25) is 0 Å². The monoisotopic (exact) mass is 356 g/mol. The molecule has 132 valence electrons. The number of hydrogen-bond acceptors (Lipinski definition) is 6. The Labute approximate surface area is 137 Å². The molecule has 25 heavy (non-hydrogen) atoms. The summed E-state index contributed by atoms with van der Waals surface area (Å²) in [5.74, 6) is -0.966. The highest BCUT2D eigenvalue weighted by atomic mass is 19.4. The highest BCUT2D eigenvalue weighted by Crippen LogP contribution is 2.29. The van der Waals surface area contributed by atoms with Gasteiger partial charge in [0.1, 0.15) is 0 Å². The average molecular weight is 356 g/mol. The van der Waals surface area contributed by atoms with E-state index in [4.69, 9.17) is 0 Å². The number of hydrogen-bond donors (Lipinski definition) is 4. The summed E-state index contributed by atoms with van der Waals surface area (Å²) in [6, 6.07) is 4.38. The molecule has 0 aliphatic heterocycles. The van der Waals surface area contributed by atoms with E-state index in [1.165, 1.54) is 12.1 Å². The molecule has 1 aromatic heterocycles. The van der Waals surface area contributed by atoms with Crippen molar-refractivity contribution in [1.29, 1.82) is 0 Å². The minimum atomic E-state index is -4.48. The minimum Gasteiger partial charge on any atom is -0.355 e. The van der Waals surface area contributed by atoms with Gasteiger partial charge in [0, 0.05) is 0 Å². The summed E-state index contributed by atoms with van der Waals surface area (Å²) in [5, 5.41) is 11.2. The number of H-pyrrole nitrogens is 2. The summed E-state index contributed by atoms with van der Waals surface area (Å²) in [6.45, 7) is -0.401. The molecule has 0 radical (unpaired) electrons. The topological polar surface area (TPSA) is 132 Å². The first kappa shape index (κ1) is 17.9. The lowest BCUT2D eigenvalue weighted by Gasteiger charge is -2.06. The van der Waals surface area contributed by atoms with Crippen LogP contribution in [0.3, 0.4) is 0 Å². The van der Waals surface area contributed by atoms with Crippen LogP contribution < -0.4 is 22.0 Å². The SMILES string of the molecule is O=C(CNc1n[nH]c(=O)[nH]c1=O)N/N=C/c1cccc(C(F)(F)F)c1. The van der Waals surface area contributed by atoms with Crippen LogP contribution in [0, 0.1) is 0 Å². The minimum absolute atomic E-state index is 0.141. The summed E-state index contributed by atoms with van der Waals surface area (Å²) < 4.78 is 37.7. The predicted octanol–water partition coefficient (Wildman–Crippen LogP) is 0.0392. The van der Waals surface area contributed by atoms with E-state index in [1.807, 2.05) is 10.1 Å². The Bertz CT molecular complexity index is 903. The van der Waals surface area contributed by atoms with E-state index in [2.05, 4.69) is 20.9 Å². The Morgan fingerprint density at radius 3 is 2.76 bits per heavy atom. The number of aromatic nitrogens is 3. The van der Waals surface area contributed by atoms with Crippen LogP contribution in [-0.4, -0.2) is 33.8 Å². The van der Waals surface area contributed by atoms with Gasteiger partial charge in [0.05, 0.1) is 18.3 Å². The van der Waals surface area contributed by atoms with Gasteiger partial charge >= 0.3 is 11.9 Å². The molecule has 0 atom stereocenters. The maximum absolute atomic E-state index is 12.6. The Balaban J connectivity index is 1.90. The van der Waals surface area contributed by atoms with Crippen molar-refractivity contribution in [3.05, 3.63) is 56.2 Å². The first-order chi connectivity index (χ1) is 11.8. The lowest BCUT2D eigenvalue weighted by Crippen LogP contribution is -2.31. The molecular weight excluding hydrogens is 345 g/mol. The van der Waals surface area contributed by atoms with Crippen molar-refractivity contribution in [3.63, 3.8) is 0 Å². The third kappa shape index (κ3) is 5.30. The molecule has 0 saturated carbocycles. The van der Waals surface area contributed by atoms with Crippen LogP contribution in [0.15, 0.2) is 39.0 Å². The number of hydrazone groups is 1. The van der Waals surface area contributed by atoms with Gasteiger partial charge in [-0.3, -0.25) is 14.6 Å². The molecule has 0 saturated heterocycles. The van der Waals surface area contributed by atoms with Crippen molar-refractivity contribution < 1.29 is 18.0 Å². The van der Waals surface area contributed by atoms with Crippen molar-refractivity contribution in [2.75, 3.05) is 11.9 Å². The fraction of sp³-hybridized carbons (Fsp3) is 0.154. The van der Waals surface area contributed by atoms with Crippen molar-refractivity contribution >= 4 is 17.9 Å². The van der Waals surface area contributed by atoms with Crippen molar-refractivity contribution in [1.82, 2.24) is 20.6 Å². The number of alkyl halides is 3. The number of halogens is 3.